The standard InChI is InChI=1S/C17H22N2O4S/c1-19(2)14-9-7-13(8-10-14)17(20)12-18-24(21,22)16-6-4-5-15(11-16)23-3/h4-11,17-18,20H,12H2,1-3H3. The number of hydrogen-bond donors (Lipinski definition) is 2. The molecule has 0 bridgehead atoms. The van der Waals surface area contributed by atoms with Crippen LogP contribution >= 0.6 is 0 Å². The van der Waals surface area contributed by atoms with Gasteiger partial charge in [-0.3, -0.25) is 0 Å². The van der Waals surface area contributed by atoms with Crippen molar-refractivity contribution in [1.82, 2.24) is 4.72 Å². The van der Waals surface area contributed by atoms with E-state index in [1.165, 1.54) is 19.2 Å². The monoisotopic (exact) mass is 350 g/mol. The van der Waals surface area contributed by atoms with Crippen LogP contribution in [0.2, 0.25) is 0 Å². The lowest BCUT2D eigenvalue weighted by molar-refractivity contribution is 0.182. The summed E-state index contributed by atoms with van der Waals surface area (Å²) in [6.45, 7) is -0.110. The maximum Gasteiger partial charge on any atom is 0.240 e. The molecule has 130 valence electrons. The van der Waals surface area contributed by atoms with E-state index in [2.05, 4.69) is 4.72 Å². The maximum absolute atomic E-state index is 12.3. The van der Waals surface area contributed by atoms with Crippen molar-refractivity contribution >= 4 is 15.7 Å². The number of rotatable bonds is 7. The van der Waals surface area contributed by atoms with Gasteiger partial charge in [-0.1, -0.05) is 18.2 Å². The van der Waals surface area contributed by atoms with Crippen LogP contribution in [0.25, 0.3) is 0 Å². The van der Waals surface area contributed by atoms with Crippen LogP contribution in [-0.2, 0) is 10.0 Å². The van der Waals surface area contributed by atoms with Gasteiger partial charge in [0.15, 0.2) is 0 Å². The van der Waals surface area contributed by atoms with E-state index in [1.54, 1.807) is 24.3 Å². The first-order valence-corrected chi connectivity index (χ1v) is 8.91. The first-order chi connectivity index (χ1) is 11.3. The van der Waals surface area contributed by atoms with Crippen molar-refractivity contribution in [2.45, 2.75) is 11.0 Å². The number of aliphatic hydroxyl groups excluding tert-OH is 1. The minimum atomic E-state index is -3.72. The third kappa shape index (κ3) is 4.47. The zero-order valence-electron chi connectivity index (χ0n) is 13.9. The molecule has 0 aliphatic rings. The van der Waals surface area contributed by atoms with Crippen molar-refractivity contribution in [1.29, 1.82) is 0 Å². The maximum atomic E-state index is 12.3. The van der Waals surface area contributed by atoms with Gasteiger partial charge in [0.2, 0.25) is 10.0 Å². The summed E-state index contributed by atoms with van der Waals surface area (Å²) in [5, 5.41) is 10.2. The summed E-state index contributed by atoms with van der Waals surface area (Å²) in [6.07, 6.45) is -0.929. The van der Waals surface area contributed by atoms with Crippen LogP contribution in [0, 0.1) is 0 Å². The second kappa shape index (κ2) is 7.65. The van der Waals surface area contributed by atoms with Crippen LogP contribution in [0.3, 0.4) is 0 Å². The number of hydrogen-bond acceptors (Lipinski definition) is 5. The Morgan fingerprint density at radius 3 is 2.42 bits per heavy atom. The van der Waals surface area contributed by atoms with Crippen molar-refractivity contribution in [2.24, 2.45) is 0 Å². The van der Waals surface area contributed by atoms with E-state index < -0.39 is 16.1 Å². The number of methoxy groups -OCH3 is 1. The number of nitrogens with zero attached hydrogens (tertiary/aromatic N) is 1. The molecular formula is C17H22N2O4S. The average Bonchev–Trinajstić information content (AvgIpc) is 2.60. The molecule has 2 rings (SSSR count). The number of anilines is 1. The number of ether oxygens (including phenoxy) is 1. The van der Waals surface area contributed by atoms with E-state index in [-0.39, 0.29) is 11.4 Å². The van der Waals surface area contributed by atoms with Crippen LogP contribution in [0.1, 0.15) is 11.7 Å². The van der Waals surface area contributed by atoms with Gasteiger partial charge in [-0.15, -0.1) is 0 Å². The van der Waals surface area contributed by atoms with Crippen LogP contribution in [0.15, 0.2) is 53.4 Å². The van der Waals surface area contributed by atoms with E-state index in [0.29, 0.717) is 11.3 Å². The van der Waals surface area contributed by atoms with Gasteiger partial charge >= 0.3 is 0 Å². The number of nitrogens with one attached hydrogen (secondary N) is 1. The van der Waals surface area contributed by atoms with Crippen LogP contribution in [0.4, 0.5) is 5.69 Å². The van der Waals surface area contributed by atoms with Crippen LogP contribution < -0.4 is 14.4 Å². The summed E-state index contributed by atoms with van der Waals surface area (Å²) >= 11 is 0. The highest BCUT2D eigenvalue weighted by Gasteiger charge is 2.17. The van der Waals surface area contributed by atoms with Gasteiger partial charge in [-0.2, -0.15) is 0 Å². The molecule has 0 amide bonds. The van der Waals surface area contributed by atoms with Crippen molar-refractivity contribution in [3.8, 4) is 5.75 Å². The molecular weight excluding hydrogens is 328 g/mol. The lowest BCUT2D eigenvalue weighted by Crippen LogP contribution is -2.28. The summed E-state index contributed by atoms with van der Waals surface area (Å²) in [7, 11) is 1.61. The summed E-state index contributed by atoms with van der Waals surface area (Å²) in [5.74, 6) is 0.456. The zero-order chi connectivity index (χ0) is 17.7. The molecule has 0 heterocycles. The molecule has 2 aromatic carbocycles. The molecule has 0 aromatic heterocycles. The molecule has 1 atom stereocenters. The number of aliphatic hydroxyl groups is 1. The second-order valence-electron chi connectivity index (χ2n) is 5.53. The average molecular weight is 350 g/mol. The smallest absolute Gasteiger partial charge is 0.240 e. The van der Waals surface area contributed by atoms with Gasteiger partial charge in [0.05, 0.1) is 18.1 Å². The van der Waals surface area contributed by atoms with Crippen LogP contribution in [-0.4, -0.2) is 41.3 Å². The highest BCUT2D eigenvalue weighted by molar-refractivity contribution is 7.89. The molecule has 0 saturated heterocycles. The van der Waals surface area contributed by atoms with Gasteiger partial charge in [0, 0.05) is 32.4 Å². The summed E-state index contributed by atoms with van der Waals surface area (Å²) in [5.41, 5.74) is 1.65. The van der Waals surface area contributed by atoms with E-state index >= 15 is 0 Å². The molecule has 7 heteroatoms. The first kappa shape index (κ1) is 18.3. The third-order valence-corrected chi connectivity index (χ3v) is 5.03. The molecule has 0 spiro atoms. The molecule has 0 saturated carbocycles. The molecule has 24 heavy (non-hydrogen) atoms. The van der Waals surface area contributed by atoms with Gasteiger partial charge < -0.3 is 14.7 Å². The van der Waals surface area contributed by atoms with Gasteiger partial charge in [0.1, 0.15) is 5.75 Å². The Kier molecular flexibility index (Phi) is 5.82. The van der Waals surface area contributed by atoms with E-state index in [4.69, 9.17) is 4.74 Å². The van der Waals surface area contributed by atoms with Crippen molar-refractivity contribution in [3.63, 3.8) is 0 Å². The topological polar surface area (TPSA) is 78.9 Å². The van der Waals surface area contributed by atoms with Crippen LogP contribution in [0.5, 0.6) is 5.75 Å². The van der Waals surface area contributed by atoms with Gasteiger partial charge in [-0.05, 0) is 29.8 Å². The SMILES string of the molecule is COc1cccc(S(=O)(=O)NCC(O)c2ccc(N(C)C)cc2)c1. The molecule has 2 aromatic rings. The van der Waals surface area contributed by atoms with Gasteiger partial charge in [0.25, 0.3) is 0 Å². The molecule has 0 aliphatic carbocycles. The molecule has 1 unspecified atom stereocenters. The van der Waals surface area contributed by atoms with E-state index in [9.17, 15) is 13.5 Å². The lowest BCUT2D eigenvalue weighted by Gasteiger charge is -2.16. The van der Waals surface area contributed by atoms with Gasteiger partial charge in [-0.25, -0.2) is 13.1 Å². The highest BCUT2D eigenvalue weighted by Crippen LogP contribution is 2.19. The molecule has 0 fully saturated rings. The minimum Gasteiger partial charge on any atom is -0.497 e. The largest absolute Gasteiger partial charge is 0.497 e. The Morgan fingerprint density at radius 1 is 1.17 bits per heavy atom. The number of benzene rings is 2. The predicted octanol–water partition coefficient (Wildman–Crippen LogP) is 1.77. The fourth-order valence-corrected chi connectivity index (χ4v) is 3.23. The van der Waals surface area contributed by atoms with Crippen molar-refractivity contribution < 1.29 is 18.3 Å². The normalized spacial score (nSPS) is 12.7. The Bertz CT molecular complexity index is 773. The quantitative estimate of drug-likeness (QED) is 0.796. The first-order valence-electron chi connectivity index (χ1n) is 7.42. The fraction of sp³-hybridized carbons (Fsp3) is 0.294. The minimum absolute atomic E-state index is 0.0944. The Labute approximate surface area is 142 Å². The Balaban J connectivity index is 2.05. The zero-order valence-corrected chi connectivity index (χ0v) is 14.7. The molecule has 2 N–H and O–H groups in total. The van der Waals surface area contributed by atoms with E-state index in [0.717, 1.165) is 5.69 Å². The molecule has 0 radical (unpaired) electrons. The summed E-state index contributed by atoms with van der Waals surface area (Å²) < 4.78 is 32.0. The summed E-state index contributed by atoms with van der Waals surface area (Å²) in [6, 6.07) is 13.5. The second-order valence-corrected chi connectivity index (χ2v) is 7.30. The highest BCUT2D eigenvalue weighted by atomic mass is 32.2. The lowest BCUT2D eigenvalue weighted by atomic mass is 10.1. The van der Waals surface area contributed by atoms with Crippen molar-refractivity contribution in [2.75, 3.05) is 32.6 Å². The number of sulfonamides is 1. The van der Waals surface area contributed by atoms with E-state index in [1.807, 2.05) is 31.1 Å². The predicted molar refractivity (Wildman–Crippen MR) is 93.9 cm³/mol. The summed E-state index contributed by atoms with van der Waals surface area (Å²) in [4.78, 5) is 2.04. The Hall–Kier alpha value is -2.09. The Morgan fingerprint density at radius 2 is 1.83 bits per heavy atom. The third-order valence-electron chi connectivity index (χ3n) is 3.61. The molecule has 6 nitrogen and oxygen atoms in total. The fourth-order valence-electron chi connectivity index (χ4n) is 2.15. The van der Waals surface area contributed by atoms with Crippen molar-refractivity contribution in [3.05, 3.63) is 54.1 Å². The molecule has 0 aliphatic heterocycles.